The molecular formula is C19H30IN7O2. The third kappa shape index (κ3) is 6.12. The molecule has 1 unspecified atom stereocenters. The molecule has 0 amide bonds. The minimum atomic E-state index is 0. The van der Waals surface area contributed by atoms with Crippen LogP contribution >= 0.6 is 24.0 Å². The van der Waals surface area contributed by atoms with Gasteiger partial charge in [-0.15, -0.1) is 24.0 Å². The van der Waals surface area contributed by atoms with Gasteiger partial charge in [0, 0.05) is 56.6 Å². The third-order valence-electron chi connectivity index (χ3n) is 4.76. The van der Waals surface area contributed by atoms with Gasteiger partial charge in [-0.3, -0.25) is 4.68 Å². The molecule has 29 heavy (non-hydrogen) atoms. The number of anilines is 1. The molecule has 0 aliphatic carbocycles. The van der Waals surface area contributed by atoms with Gasteiger partial charge in [0.15, 0.2) is 5.96 Å². The number of aryl methyl sites for hydroxylation is 1. The number of ether oxygens (including phenoxy) is 2. The number of halogens is 1. The summed E-state index contributed by atoms with van der Waals surface area (Å²) < 4.78 is 12.5. The number of nitrogens with one attached hydrogen (secondary N) is 2. The first kappa shape index (κ1) is 23.0. The van der Waals surface area contributed by atoms with E-state index in [-0.39, 0.29) is 24.0 Å². The number of guanidine groups is 1. The van der Waals surface area contributed by atoms with E-state index in [0.717, 1.165) is 55.0 Å². The molecule has 3 rings (SSSR count). The van der Waals surface area contributed by atoms with Crippen molar-refractivity contribution < 1.29 is 9.47 Å². The summed E-state index contributed by atoms with van der Waals surface area (Å²) >= 11 is 0. The first-order valence-electron chi connectivity index (χ1n) is 9.48. The minimum Gasteiger partial charge on any atom is -0.497 e. The number of hydrogen-bond acceptors (Lipinski definition) is 6. The van der Waals surface area contributed by atoms with E-state index >= 15 is 0 Å². The first-order valence-corrected chi connectivity index (χ1v) is 9.48. The van der Waals surface area contributed by atoms with Crippen molar-refractivity contribution >= 4 is 35.6 Å². The molecule has 10 heteroatoms. The van der Waals surface area contributed by atoms with Crippen molar-refractivity contribution in [2.45, 2.75) is 25.9 Å². The monoisotopic (exact) mass is 515 g/mol. The van der Waals surface area contributed by atoms with E-state index < -0.39 is 0 Å². The maximum absolute atomic E-state index is 5.39. The molecule has 1 aromatic heterocycles. The smallest absolute Gasteiger partial charge is 0.191 e. The van der Waals surface area contributed by atoms with Crippen LogP contribution in [0.3, 0.4) is 0 Å². The number of aromatic nitrogens is 3. The fraction of sp³-hybridized carbons (Fsp3) is 0.526. The van der Waals surface area contributed by atoms with Gasteiger partial charge in [0.1, 0.15) is 30.2 Å². The number of aliphatic imine (C=N–C) groups is 1. The zero-order chi connectivity index (χ0) is 19.9. The summed E-state index contributed by atoms with van der Waals surface area (Å²) in [6, 6.07) is 6.27. The second-order valence-electron chi connectivity index (χ2n) is 6.64. The molecule has 1 aromatic carbocycles. The Balaban J connectivity index is 0.00000300. The van der Waals surface area contributed by atoms with Crippen LogP contribution in [0.15, 0.2) is 29.5 Å². The van der Waals surface area contributed by atoms with Crippen LogP contribution in [0.5, 0.6) is 11.5 Å². The van der Waals surface area contributed by atoms with Gasteiger partial charge in [0.05, 0.1) is 14.2 Å². The Morgan fingerprint density at radius 3 is 2.55 bits per heavy atom. The zero-order valence-corrected chi connectivity index (χ0v) is 19.7. The number of nitrogens with zero attached hydrogens (tertiary/aromatic N) is 5. The summed E-state index contributed by atoms with van der Waals surface area (Å²) in [6.45, 7) is 5.17. The fourth-order valence-electron chi connectivity index (χ4n) is 3.21. The fourth-order valence-corrected chi connectivity index (χ4v) is 3.21. The van der Waals surface area contributed by atoms with Crippen LogP contribution in [0, 0.1) is 0 Å². The average molecular weight is 515 g/mol. The van der Waals surface area contributed by atoms with Crippen LogP contribution in [0.4, 0.5) is 5.69 Å². The van der Waals surface area contributed by atoms with Crippen molar-refractivity contribution in [2.24, 2.45) is 12.0 Å². The molecule has 9 nitrogen and oxygen atoms in total. The van der Waals surface area contributed by atoms with Crippen LogP contribution in [0.1, 0.15) is 19.2 Å². The summed E-state index contributed by atoms with van der Waals surface area (Å²) in [6.07, 6.45) is 2.57. The lowest BCUT2D eigenvalue weighted by Gasteiger charge is -2.21. The summed E-state index contributed by atoms with van der Waals surface area (Å²) in [7, 11) is 5.21. The Hall–Kier alpha value is -2.24. The largest absolute Gasteiger partial charge is 0.497 e. The van der Waals surface area contributed by atoms with Crippen LogP contribution in [-0.4, -0.2) is 60.6 Å². The molecule has 0 radical (unpaired) electrons. The predicted octanol–water partition coefficient (Wildman–Crippen LogP) is 1.78. The summed E-state index contributed by atoms with van der Waals surface area (Å²) in [4.78, 5) is 11.2. The molecule has 1 aliphatic rings. The van der Waals surface area contributed by atoms with E-state index in [1.165, 1.54) is 0 Å². The predicted molar refractivity (Wildman–Crippen MR) is 125 cm³/mol. The Kier molecular flexibility index (Phi) is 8.80. The average Bonchev–Trinajstić information content (AvgIpc) is 3.34. The van der Waals surface area contributed by atoms with Gasteiger partial charge in [-0.25, -0.2) is 9.98 Å². The Morgan fingerprint density at radius 2 is 1.97 bits per heavy atom. The lowest BCUT2D eigenvalue weighted by molar-refractivity contribution is 0.394. The second kappa shape index (κ2) is 11.1. The molecule has 2 aromatic rings. The standard InChI is InChI=1S/C19H29N7O2.HI/c1-5-20-19(21-11-18-22-13-23-25(18)2)24-14-6-7-26(12-14)15-8-16(27-3)10-17(9-15)28-4;/h8-10,13-14H,5-7,11-12H2,1-4H3,(H2,20,21,24);1H. The first-order chi connectivity index (χ1) is 13.6. The second-order valence-corrected chi connectivity index (χ2v) is 6.64. The molecular weight excluding hydrogens is 485 g/mol. The summed E-state index contributed by atoms with van der Waals surface area (Å²) in [5, 5.41) is 10.9. The van der Waals surface area contributed by atoms with Gasteiger partial charge in [-0.05, 0) is 13.3 Å². The van der Waals surface area contributed by atoms with Crippen molar-refractivity contribution in [3.8, 4) is 11.5 Å². The number of benzene rings is 1. The Bertz CT molecular complexity index is 789. The molecule has 0 saturated carbocycles. The Morgan fingerprint density at radius 1 is 1.24 bits per heavy atom. The van der Waals surface area contributed by atoms with Crippen LogP contribution in [0.2, 0.25) is 0 Å². The van der Waals surface area contributed by atoms with Gasteiger partial charge >= 0.3 is 0 Å². The normalized spacial score (nSPS) is 16.3. The van der Waals surface area contributed by atoms with Gasteiger partial charge < -0.3 is 25.0 Å². The van der Waals surface area contributed by atoms with Gasteiger partial charge in [0.25, 0.3) is 0 Å². The maximum atomic E-state index is 5.39. The quantitative estimate of drug-likeness (QED) is 0.330. The molecule has 2 N–H and O–H groups in total. The molecule has 1 aliphatic heterocycles. The molecule has 1 saturated heterocycles. The van der Waals surface area contributed by atoms with E-state index in [0.29, 0.717) is 12.6 Å². The maximum Gasteiger partial charge on any atom is 0.191 e. The molecule has 1 fully saturated rings. The lowest BCUT2D eigenvalue weighted by atomic mass is 10.2. The highest BCUT2D eigenvalue weighted by atomic mass is 127. The van der Waals surface area contributed by atoms with E-state index in [1.807, 2.05) is 25.2 Å². The van der Waals surface area contributed by atoms with E-state index in [1.54, 1.807) is 25.2 Å². The van der Waals surface area contributed by atoms with E-state index in [9.17, 15) is 0 Å². The molecule has 1 atom stereocenters. The third-order valence-corrected chi connectivity index (χ3v) is 4.76. The highest BCUT2D eigenvalue weighted by Gasteiger charge is 2.24. The SMILES string of the molecule is CCNC(=NCc1ncnn1C)NC1CCN(c2cc(OC)cc(OC)c2)C1.I. The number of rotatable bonds is 7. The highest BCUT2D eigenvalue weighted by molar-refractivity contribution is 14.0. The highest BCUT2D eigenvalue weighted by Crippen LogP contribution is 2.30. The van der Waals surface area contributed by atoms with Crippen molar-refractivity contribution in [1.29, 1.82) is 0 Å². The van der Waals surface area contributed by atoms with Crippen molar-refractivity contribution in [3.05, 3.63) is 30.4 Å². The lowest BCUT2D eigenvalue weighted by Crippen LogP contribution is -2.44. The van der Waals surface area contributed by atoms with Crippen molar-refractivity contribution in [3.63, 3.8) is 0 Å². The number of methoxy groups -OCH3 is 2. The number of hydrogen-bond donors (Lipinski definition) is 2. The molecule has 160 valence electrons. The van der Waals surface area contributed by atoms with Gasteiger partial charge in [-0.1, -0.05) is 0 Å². The zero-order valence-electron chi connectivity index (χ0n) is 17.4. The topological polar surface area (TPSA) is 88.8 Å². The summed E-state index contributed by atoms with van der Waals surface area (Å²) in [5.74, 6) is 3.21. The van der Waals surface area contributed by atoms with Crippen molar-refractivity contribution in [1.82, 2.24) is 25.4 Å². The van der Waals surface area contributed by atoms with Gasteiger partial charge in [0.2, 0.25) is 0 Å². The van der Waals surface area contributed by atoms with Crippen LogP contribution in [-0.2, 0) is 13.6 Å². The Labute approximate surface area is 188 Å². The molecule has 2 heterocycles. The van der Waals surface area contributed by atoms with E-state index in [4.69, 9.17) is 9.47 Å². The summed E-state index contributed by atoms with van der Waals surface area (Å²) in [5.41, 5.74) is 1.10. The molecule has 0 bridgehead atoms. The van der Waals surface area contributed by atoms with Crippen LogP contribution < -0.4 is 25.0 Å². The van der Waals surface area contributed by atoms with E-state index in [2.05, 4.69) is 37.5 Å². The minimum absolute atomic E-state index is 0. The molecule has 0 spiro atoms. The van der Waals surface area contributed by atoms with Gasteiger partial charge in [-0.2, -0.15) is 5.10 Å². The van der Waals surface area contributed by atoms with Crippen LogP contribution in [0.25, 0.3) is 0 Å². The van der Waals surface area contributed by atoms with Crippen molar-refractivity contribution in [2.75, 3.05) is 38.8 Å².